The molecule has 1 unspecified atom stereocenters. The molecule has 2 aromatic carbocycles. The van der Waals surface area contributed by atoms with Gasteiger partial charge in [0, 0.05) is 26.2 Å². The van der Waals surface area contributed by atoms with Gasteiger partial charge in [0.15, 0.2) is 11.6 Å². The second-order valence-electron chi connectivity index (χ2n) is 9.88. The highest BCUT2D eigenvalue weighted by atomic mass is 32.2. The highest BCUT2D eigenvalue weighted by molar-refractivity contribution is 7.82. The Balaban J connectivity index is 1.79. The van der Waals surface area contributed by atoms with Crippen LogP contribution in [0.2, 0.25) is 0 Å². The van der Waals surface area contributed by atoms with Crippen molar-refractivity contribution in [3.63, 3.8) is 0 Å². The number of alkyl halides is 6. The Bertz CT molecular complexity index is 1300. The van der Waals surface area contributed by atoms with Crippen LogP contribution >= 0.6 is 0 Å². The van der Waals surface area contributed by atoms with Gasteiger partial charge in [0.1, 0.15) is 28.4 Å². The number of nitrogens with zero attached hydrogens (tertiary/aromatic N) is 2. The van der Waals surface area contributed by atoms with Crippen LogP contribution in [0.1, 0.15) is 26.3 Å². The fourth-order valence-electron chi connectivity index (χ4n) is 3.73. The van der Waals surface area contributed by atoms with E-state index in [0.29, 0.717) is 0 Å². The Morgan fingerprint density at radius 3 is 2.12 bits per heavy atom. The monoisotopic (exact) mass is 629 g/mol. The lowest BCUT2D eigenvalue weighted by atomic mass is 10.1. The Morgan fingerprint density at radius 1 is 0.952 bits per heavy atom. The number of carbonyl (C=O) groups is 2. The van der Waals surface area contributed by atoms with Crippen molar-refractivity contribution in [2.24, 2.45) is 0 Å². The molecule has 3 rings (SSSR count). The molecule has 1 saturated heterocycles. The van der Waals surface area contributed by atoms with Gasteiger partial charge in [-0.1, -0.05) is 6.07 Å². The zero-order chi connectivity index (χ0) is 31.5. The van der Waals surface area contributed by atoms with Crippen molar-refractivity contribution in [3.05, 3.63) is 53.8 Å². The molecule has 0 saturated carbocycles. The number of rotatable bonds is 7. The molecule has 1 aliphatic rings. The molecular weight excluding hydrogens is 603 g/mol. The van der Waals surface area contributed by atoms with E-state index in [-0.39, 0.29) is 36.6 Å². The number of benzene rings is 2. The van der Waals surface area contributed by atoms with E-state index in [1.54, 1.807) is 20.8 Å². The van der Waals surface area contributed by atoms with E-state index in [4.69, 9.17) is 4.74 Å². The first-order chi connectivity index (χ1) is 19.3. The van der Waals surface area contributed by atoms with Crippen molar-refractivity contribution < 1.29 is 58.7 Å². The minimum absolute atomic E-state index is 0.00835. The molecule has 0 spiro atoms. The van der Waals surface area contributed by atoms with Crippen LogP contribution in [0.3, 0.4) is 0 Å². The van der Waals surface area contributed by atoms with Gasteiger partial charge in [-0.15, -0.1) is 26.3 Å². The average molecular weight is 630 g/mol. The molecule has 232 valence electrons. The SMILES string of the molecule is CC(C)(C)OC(=O)N1CCN(S(=O)c2ccc(OC(F)(F)F)cc2)[C@@H](C(=O)NCc2ccc(OC(F)(F)F)c(F)c2)C1. The first-order valence-electron chi connectivity index (χ1n) is 12.2. The molecule has 0 aromatic heterocycles. The molecule has 42 heavy (non-hydrogen) atoms. The molecule has 1 fully saturated rings. The van der Waals surface area contributed by atoms with Crippen molar-refractivity contribution in [3.8, 4) is 11.5 Å². The lowest BCUT2D eigenvalue weighted by Crippen LogP contribution is -2.60. The normalized spacial score (nSPS) is 17.4. The number of piperazine rings is 1. The minimum atomic E-state index is -5.11. The van der Waals surface area contributed by atoms with Gasteiger partial charge in [-0.2, -0.15) is 0 Å². The van der Waals surface area contributed by atoms with E-state index in [2.05, 4.69) is 14.8 Å². The first kappa shape index (κ1) is 32.9. The summed E-state index contributed by atoms with van der Waals surface area (Å²) in [4.78, 5) is 27.2. The predicted octanol–water partition coefficient (Wildman–Crippen LogP) is 4.88. The van der Waals surface area contributed by atoms with Crippen molar-refractivity contribution in [2.75, 3.05) is 19.6 Å². The molecule has 0 aliphatic carbocycles. The smallest absolute Gasteiger partial charge is 0.444 e. The maximum Gasteiger partial charge on any atom is 0.573 e. The van der Waals surface area contributed by atoms with Crippen LogP contribution in [-0.2, 0) is 27.1 Å². The van der Waals surface area contributed by atoms with Gasteiger partial charge >= 0.3 is 18.8 Å². The molecule has 1 N–H and O–H groups in total. The maximum atomic E-state index is 14.1. The van der Waals surface area contributed by atoms with E-state index in [1.807, 2.05) is 0 Å². The zero-order valence-electron chi connectivity index (χ0n) is 22.3. The summed E-state index contributed by atoms with van der Waals surface area (Å²) in [5.74, 6) is -3.71. The second kappa shape index (κ2) is 12.7. The Kier molecular flexibility index (Phi) is 9.97. The Hall–Kier alpha value is -3.60. The van der Waals surface area contributed by atoms with E-state index < -0.39 is 64.7 Å². The predicted molar refractivity (Wildman–Crippen MR) is 133 cm³/mol. The average Bonchev–Trinajstić information content (AvgIpc) is 2.85. The van der Waals surface area contributed by atoms with E-state index >= 15 is 0 Å². The number of ether oxygens (including phenoxy) is 3. The van der Waals surface area contributed by atoms with Crippen LogP contribution in [0, 0.1) is 5.82 Å². The number of carbonyl (C=O) groups excluding carboxylic acids is 2. The van der Waals surface area contributed by atoms with Crippen molar-refractivity contribution in [1.29, 1.82) is 0 Å². The lowest BCUT2D eigenvalue weighted by Gasteiger charge is -2.39. The number of amides is 2. The summed E-state index contributed by atoms with van der Waals surface area (Å²) in [5, 5.41) is 2.47. The quantitative estimate of drug-likeness (QED) is 0.439. The molecule has 1 heterocycles. The topological polar surface area (TPSA) is 97.4 Å². The van der Waals surface area contributed by atoms with Crippen LogP contribution in [0.4, 0.5) is 35.5 Å². The molecule has 2 aromatic rings. The fraction of sp³-hybridized carbons (Fsp3) is 0.440. The van der Waals surface area contributed by atoms with Crippen LogP contribution in [0.25, 0.3) is 0 Å². The molecule has 9 nitrogen and oxygen atoms in total. The van der Waals surface area contributed by atoms with Crippen molar-refractivity contribution in [2.45, 2.75) is 56.6 Å². The summed E-state index contributed by atoms with van der Waals surface area (Å²) in [7, 11) is -2.09. The van der Waals surface area contributed by atoms with Gasteiger partial charge in [-0.3, -0.25) is 4.79 Å². The molecule has 2 atom stereocenters. The van der Waals surface area contributed by atoms with Crippen molar-refractivity contribution >= 4 is 23.0 Å². The highest BCUT2D eigenvalue weighted by Gasteiger charge is 2.39. The molecular formula is C25H26F7N3O6S. The van der Waals surface area contributed by atoms with E-state index in [9.17, 15) is 44.5 Å². The zero-order valence-corrected chi connectivity index (χ0v) is 23.2. The van der Waals surface area contributed by atoms with E-state index in [1.165, 1.54) is 9.21 Å². The third-order valence-corrected chi connectivity index (χ3v) is 6.98. The van der Waals surface area contributed by atoms with Gasteiger partial charge in [-0.05, 0) is 62.7 Å². The number of hydrogen-bond acceptors (Lipinski definition) is 6. The number of halogens is 7. The third kappa shape index (κ3) is 9.75. The summed E-state index contributed by atoms with van der Waals surface area (Å²) in [5.41, 5.74) is -0.788. The van der Waals surface area contributed by atoms with Gasteiger partial charge in [0.25, 0.3) is 0 Å². The summed E-state index contributed by atoms with van der Waals surface area (Å²) >= 11 is 0. The highest BCUT2D eigenvalue weighted by Crippen LogP contribution is 2.27. The molecule has 0 bridgehead atoms. The van der Waals surface area contributed by atoms with Gasteiger partial charge in [0.2, 0.25) is 5.91 Å². The van der Waals surface area contributed by atoms with E-state index in [0.717, 1.165) is 42.5 Å². The van der Waals surface area contributed by atoms with Gasteiger partial charge in [-0.25, -0.2) is 17.7 Å². The summed E-state index contributed by atoms with van der Waals surface area (Å²) in [6.45, 7) is 4.14. The first-order valence-corrected chi connectivity index (χ1v) is 13.3. The summed E-state index contributed by atoms with van der Waals surface area (Å²) < 4.78 is 116. The summed E-state index contributed by atoms with van der Waals surface area (Å²) in [6, 6.07) is 5.45. The molecule has 1 aliphatic heterocycles. The van der Waals surface area contributed by atoms with Crippen LogP contribution in [0.5, 0.6) is 11.5 Å². The second-order valence-corrected chi connectivity index (χ2v) is 11.3. The van der Waals surface area contributed by atoms with Gasteiger partial charge < -0.3 is 24.4 Å². The number of nitrogens with one attached hydrogen (secondary N) is 1. The molecule has 0 radical (unpaired) electrons. The van der Waals surface area contributed by atoms with Crippen LogP contribution < -0.4 is 14.8 Å². The van der Waals surface area contributed by atoms with Gasteiger partial charge in [0.05, 0.1) is 4.90 Å². The third-order valence-electron chi connectivity index (χ3n) is 5.45. The lowest BCUT2D eigenvalue weighted by molar-refractivity contribution is -0.276. The minimum Gasteiger partial charge on any atom is -0.444 e. The van der Waals surface area contributed by atoms with Crippen LogP contribution in [-0.4, -0.2) is 69.4 Å². The van der Waals surface area contributed by atoms with Crippen LogP contribution in [0.15, 0.2) is 47.4 Å². The molecule has 2 amide bonds. The molecule has 17 heteroatoms. The fourth-order valence-corrected chi connectivity index (χ4v) is 5.01. The summed E-state index contributed by atoms with van der Waals surface area (Å²) in [6.07, 6.45) is -10.8. The largest absolute Gasteiger partial charge is 0.573 e. The Labute approximate surface area is 238 Å². The standard InChI is InChI=1S/C25H26F7N3O6S/c1-23(2,3)41-22(37)34-10-11-35(42(38)17-7-5-16(6-8-17)39-24(27,28)29)19(14-34)21(36)33-13-15-4-9-20(18(26)12-15)40-25(30,31)32/h4-9,12,19H,10-11,13-14H2,1-3H3,(H,33,36)/t19-,42?/m1/s1. The number of hydrogen-bond donors (Lipinski definition) is 1. The maximum absolute atomic E-state index is 14.1. The Morgan fingerprint density at radius 2 is 1.57 bits per heavy atom. The van der Waals surface area contributed by atoms with Crippen molar-refractivity contribution in [1.82, 2.24) is 14.5 Å².